The van der Waals surface area contributed by atoms with Gasteiger partial charge < -0.3 is 4.90 Å². The predicted octanol–water partition coefficient (Wildman–Crippen LogP) is 0.797. The number of amides is 1. The van der Waals surface area contributed by atoms with Crippen molar-refractivity contribution in [3.8, 4) is 0 Å². The van der Waals surface area contributed by atoms with Crippen LogP contribution in [0.15, 0.2) is 18.9 Å². The average molecular weight is 274 g/mol. The van der Waals surface area contributed by atoms with Crippen LogP contribution in [0.2, 0.25) is 0 Å². The lowest BCUT2D eigenvalue weighted by molar-refractivity contribution is 0.0672. The fraction of sp³-hybridized carbons (Fsp3) is 0.538. The number of carbonyl (C=O) groups excluding carboxylic acids is 1. The number of rotatable bonds is 2. The molecule has 3 heterocycles. The van der Waals surface area contributed by atoms with Gasteiger partial charge in [0.1, 0.15) is 12.7 Å². The lowest BCUT2D eigenvalue weighted by atomic mass is 10.0. The maximum absolute atomic E-state index is 12.6. The molecule has 1 saturated heterocycles. The highest BCUT2D eigenvalue weighted by Gasteiger charge is 2.27. The molecule has 0 unspecified atom stereocenters. The van der Waals surface area contributed by atoms with E-state index in [1.54, 1.807) is 17.2 Å². The van der Waals surface area contributed by atoms with Gasteiger partial charge in [-0.05, 0) is 19.8 Å². The van der Waals surface area contributed by atoms with Crippen LogP contribution in [-0.4, -0.2) is 48.4 Å². The van der Waals surface area contributed by atoms with Crippen LogP contribution in [0.3, 0.4) is 0 Å². The Morgan fingerprint density at radius 2 is 2.25 bits per heavy atom. The molecule has 1 amide bonds. The monoisotopic (exact) mass is 274 g/mol. The molecule has 0 aliphatic carbocycles. The smallest absolute Gasteiger partial charge is 0.257 e. The zero-order chi connectivity index (χ0) is 14.1. The van der Waals surface area contributed by atoms with Gasteiger partial charge in [-0.3, -0.25) is 9.48 Å². The third-order valence-electron chi connectivity index (χ3n) is 3.96. The first-order chi connectivity index (χ1) is 9.66. The molecule has 1 fully saturated rings. The van der Waals surface area contributed by atoms with Crippen molar-refractivity contribution in [1.29, 1.82) is 0 Å². The minimum atomic E-state index is 0.0559. The summed E-state index contributed by atoms with van der Waals surface area (Å²) in [6.07, 6.45) is 6.91. The SMILES string of the molecule is Cc1c(C(=O)N2CCC[C@H](n3cncn3)C2)cnn1C. The number of carbonyl (C=O) groups is 1. The number of nitrogens with zero attached hydrogens (tertiary/aromatic N) is 6. The van der Waals surface area contributed by atoms with Crippen LogP contribution in [-0.2, 0) is 7.05 Å². The molecular weight excluding hydrogens is 256 g/mol. The second-order valence-electron chi connectivity index (χ2n) is 5.19. The van der Waals surface area contributed by atoms with E-state index in [0.29, 0.717) is 12.1 Å². The van der Waals surface area contributed by atoms with Crippen LogP contribution in [0.4, 0.5) is 0 Å². The molecule has 1 atom stereocenters. The normalized spacial score (nSPS) is 19.3. The quantitative estimate of drug-likeness (QED) is 0.812. The van der Waals surface area contributed by atoms with Gasteiger partial charge in [-0.15, -0.1) is 0 Å². The fourth-order valence-corrected chi connectivity index (χ4v) is 2.64. The van der Waals surface area contributed by atoms with E-state index < -0.39 is 0 Å². The third-order valence-corrected chi connectivity index (χ3v) is 3.96. The largest absolute Gasteiger partial charge is 0.336 e. The first kappa shape index (κ1) is 12.8. The van der Waals surface area contributed by atoms with E-state index in [1.807, 2.05) is 23.6 Å². The molecule has 20 heavy (non-hydrogen) atoms. The van der Waals surface area contributed by atoms with Gasteiger partial charge in [0.15, 0.2) is 0 Å². The number of aromatic nitrogens is 5. The maximum atomic E-state index is 12.6. The highest BCUT2D eigenvalue weighted by Crippen LogP contribution is 2.22. The van der Waals surface area contributed by atoms with Gasteiger partial charge in [0.2, 0.25) is 0 Å². The number of piperidine rings is 1. The molecule has 0 spiro atoms. The lowest BCUT2D eigenvalue weighted by Gasteiger charge is -2.32. The molecule has 0 bridgehead atoms. The van der Waals surface area contributed by atoms with Gasteiger partial charge >= 0.3 is 0 Å². The summed E-state index contributed by atoms with van der Waals surface area (Å²) in [7, 11) is 1.85. The molecule has 106 valence electrons. The van der Waals surface area contributed by atoms with Crippen molar-refractivity contribution in [3.63, 3.8) is 0 Å². The van der Waals surface area contributed by atoms with Gasteiger partial charge in [-0.1, -0.05) is 0 Å². The second-order valence-corrected chi connectivity index (χ2v) is 5.19. The Bertz CT molecular complexity index is 602. The Kier molecular flexibility index (Phi) is 3.25. The van der Waals surface area contributed by atoms with E-state index in [0.717, 1.165) is 25.1 Å². The van der Waals surface area contributed by atoms with E-state index in [1.165, 1.54) is 6.33 Å². The Morgan fingerprint density at radius 3 is 2.90 bits per heavy atom. The number of likely N-dealkylation sites (tertiary alicyclic amines) is 1. The first-order valence-electron chi connectivity index (χ1n) is 6.79. The van der Waals surface area contributed by atoms with Crippen molar-refractivity contribution >= 4 is 5.91 Å². The average Bonchev–Trinajstić information content (AvgIpc) is 3.10. The summed E-state index contributed by atoms with van der Waals surface area (Å²) < 4.78 is 3.57. The molecule has 0 saturated carbocycles. The third kappa shape index (κ3) is 2.19. The summed E-state index contributed by atoms with van der Waals surface area (Å²) in [5.74, 6) is 0.0559. The van der Waals surface area contributed by atoms with Gasteiger partial charge in [0.25, 0.3) is 5.91 Å². The highest BCUT2D eigenvalue weighted by atomic mass is 16.2. The lowest BCUT2D eigenvalue weighted by Crippen LogP contribution is -2.41. The molecule has 7 nitrogen and oxygen atoms in total. The van der Waals surface area contributed by atoms with E-state index in [4.69, 9.17) is 0 Å². The molecule has 2 aromatic heterocycles. The van der Waals surface area contributed by atoms with Gasteiger partial charge in [-0.25, -0.2) is 9.67 Å². The van der Waals surface area contributed by atoms with E-state index in [9.17, 15) is 4.79 Å². The van der Waals surface area contributed by atoms with Crippen molar-refractivity contribution in [2.24, 2.45) is 7.05 Å². The summed E-state index contributed by atoms with van der Waals surface area (Å²) in [5, 5.41) is 8.32. The maximum Gasteiger partial charge on any atom is 0.257 e. The Balaban J connectivity index is 1.77. The minimum Gasteiger partial charge on any atom is -0.336 e. The fourth-order valence-electron chi connectivity index (χ4n) is 2.64. The van der Waals surface area contributed by atoms with Crippen LogP contribution < -0.4 is 0 Å². The van der Waals surface area contributed by atoms with Crippen LogP contribution >= 0.6 is 0 Å². The zero-order valence-corrected chi connectivity index (χ0v) is 11.7. The van der Waals surface area contributed by atoms with Crippen molar-refractivity contribution in [1.82, 2.24) is 29.4 Å². The van der Waals surface area contributed by atoms with Crippen LogP contribution in [0.1, 0.15) is 34.9 Å². The Labute approximate surface area is 117 Å². The molecule has 0 N–H and O–H groups in total. The van der Waals surface area contributed by atoms with Gasteiger partial charge in [-0.2, -0.15) is 10.2 Å². The van der Waals surface area contributed by atoms with Crippen LogP contribution in [0, 0.1) is 6.92 Å². The van der Waals surface area contributed by atoms with Crippen LogP contribution in [0.5, 0.6) is 0 Å². The minimum absolute atomic E-state index is 0.0559. The van der Waals surface area contributed by atoms with E-state index >= 15 is 0 Å². The van der Waals surface area contributed by atoms with Crippen molar-refractivity contribution < 1.29 is 4.79 Å². The van der Waals surface area contributed by atoms with E-state index in [-0.39, 0.29) is 11.9 Å². The van der Waals surface area contributed by atoms with Crippen molar-refractivity contribution in [2.45, 2.75) is 25.8 Å². The highest BCUT2D eigenvalue weighted by molar-refractivity contribution is 5.95. The van der Waals surface area contributed by atoms with Crippen molar-refractivity contribution in [2.75, 3.05) is 13.1 Å². The second kappa shape index (κ2) is 5.07. The van der Waals surface area contributed by atoms with Gasteiger partial charge in [0, 0.05) is 25.8 Å². The Morgan fingerprint density at radius 1 is 1.40 bits per heavy atom. The summed E-state index contributed by atoms with van der Waals surface area (Å²) in [5.41, 5.74) is 1.59. The molecule has 0 aromatic carbocycles. The molecule has 7 heteroatoms. The molecule has 1 aliphatic heterocycles. The summed E-state index contributed by atoms with van der Waals surface area (Å²) in [6.45, 7) is 3.38. The van der Waals surface area contributed by atoms with Crippen LogP contribution in [0.25, 0.3) is 0 Å². The van der Waals surface area contributed by atoms with Gasteiger partial charge in [0.05, 0.1) is 17.8 Å². The summed E-state index contributed by atoms with van der Waals surface area (Å²) >= 11 is 0. The van der Waals surface area contributed by atoms with E-state index in [2.05, 4.69) is 15.2 Å². The zero-order valence-electron chi connectivity index (χ0n) is 11.7. The number of hydrogen-bond acceptors (Lipinski definition) is 4. The molecule has 3 rings (SSSR count). The van der Waals surface area contributed by atoms with Crippen molar-refractivity contribution in [3.05, 3.63) is 30.1 Å². The summed E-state index contributed by atoms with van der Waals surface area (Å²) in [4.78, 5) is 18.4. The standard InChI is InChI=1S/C13H18N6O/c1-10-12(6-15-17(10)2)13(20)18-5-3-4-11(7-18)19-9-14-8-16-19/h6,8-9,11H,3-5,7H2,1-2H3/t11-/m0/s1. The molecule has 0 radical (unpaired) electrons. The first-order valence-corrected chi connectivity index (χ1v) is 6.79. The summed E-state index contributed by atoms with van der Waals surface area (Å²) in [6, 6.07) is 0.215. The molecule has 2 aromatic rings. The number of aryl methyl sites for hydroxylation is 1. The molecule has 1 aliphatic rings. The molecular formula is C13H18N6O. The predicted molar refractivity (Wildman–Crippen MR) is 72.1 cm³/mol. The topological polar surface area (TPSA) is 68.8 Å². The Hall–Kier alpha value is -2.18. The number of hydrogen-bond donors (Lipinski definition) is 0.